The van der Waals surface area contributed by atoms with Crippen molar-refractivity contribution in [3.05, 3.63) is 128 Å². The summed E-state index contributed by atoms with van der Waals surface area (Å²) < 4.78 is 13.8. The Hall–Kier alpha value is -3.40. The highest BCUT2D eigenvalue weighted by atomic mass is 35.5. The summed E-state index contributed by atoms with van der Waals surface area (Å²) in [5.41, 5.74) is 6.34. The third-order valence-electron chi connectivity index (χ3n) is 8.31. The Balaban J connectivity index is 1.58. The van der Waals surface area contributed by atoms with Crippen LogP contribution >= 0.6 is 23.2 Å². The second-order valence-electron chi connectivity index (χ2n) is 13.5. The van der Waals surface area contributed by atoms with Crippen LogP contribution in [-0.4, -0.2) is 5.11 Å². The van der Waals surface area contributed by atoms with Crippen molar-refractivity contribution >= 4 is 35.0 Å². The number of hydrogen-bond acceptors (Lipinski definition) is 3. The van der Waals surface area contributed by atoms with E-state index >= 15 is 0 Å². The van der Waals surface area contributed by atoms with Crippen LogP contribution in [0.2, 0.25) is 10.0 Å². The molecule has 2 aliphatic heterocycles. The zero-order chi connectivity index (χ0) is 30.0. The van der Waals surface area contributed by atoms with Crippen LogP contribution in [0.5, 0.6) is 11.5 Å². The number of benzene rings is 4. The van der Waals surface area contributed by atoms with E-state index in [-0.39, 0.29) is 16.7 Å². The molecule has 1 spiro atoms. The van der Waals surface area contributed by atoms with Gasteiger partial charge < -0.3 is 14.6 Å². The number of halogens is 2. The average Bonchev–Trinajstić information content (AvgIpc) is 2.92. The highest BCUT2D eigenvalue weighted by Gasteiger charge is 2.49. The number of ether oxygens (including phenoxy) is 2. The molecule has 0 aromatic heterocycles. The standard InChI is InChI=1S/C37H36Cl2O3/c1-35(2,3)30-17-24(18-31(34(30)40)36(4,5)6)28-21-37(41-32-16-15-26(39)20-27(28)32)29-10-8-7-9-23(29)19-33(42-37)22-11-13-25(38)14-12-22/h7-20,28,40H,21H2,1-6H3/t28-,37-/m1/s1. The van der Waals surface area contributed by atoms with Crippen LogP contribution in [0.3, 0.4) is 0 Å². The van der Waals surface area contributed by atoms with Gasteiger partial charge in [0.1, 0.15) is 17.3 Å². The normalized spacial score (nSPS) is 19.8. The molecule has 0 fully saturated rings. The lowest BCUT2D eigenvalue weighted by Gasteiger charge is -2.45. The Morgan fingerprint density at radius 3 is 2.02 bits per heavy atom. The summed E-state index contributed by atoms with van der Waals surface area (Å²) in [6, 6.07) is 26.0. The van der Waals surface area contributed by atoms with E-state index in [1.807, 2.05) is 54.6 Å². The van der Waals surface area contributed by atoms with Gasteiger partial charge in [0, 0.05) is 39.1 Å². The Morgan fingerprint density at radius 1 is 0.762 bits per heavy atom. The summed E-state index contributed by atoms with van der Waals surface area (Å²) in [6.07, 6.45) is 2.58. The molecule has 0 bridgehead atoms. The lowest BCUT2D eigenvalue weighted by Crippen LogP contribution is -2.43. The van der Waals surface area contributed by atoms with Gasteiger partial charge in [0.25, 0.3) is 5.79 Å². The van der Waals surface area contributed by atoms with Gasteiger partial charge in [-0.1, -0.05) is 101 Å². The second kappa shape index (κ2) is 10.1. The molecule has 5 heteroatoms. The molecule has 2 aliphatic rings. The average molecular weight is 600 g/mol. The minimum absolute atomic E-state index is 0.118. The van der Waals surface area contributed by atoms with Crippen molar-refractivity contribution in [2.45, 2.75) is 70.5 Å². The zero-order valence-corrected chi connectivity index (χ0v) is 26.4. The van der Waals surface area contributed by atoms with Crippen LogP contribution in [0.15, 0.2) is 78.9 Å². The van der Waals surface area contributed by atoms with E-state index in [9.17, 15) is 5.11 Å². The molecule has 0 aliphatic carbocycles. The number of aromatic hydroxyl groups is 1. The Kier molecular flexibility index (Phi) is 6.91. The van der Waals surface area contributed by atoms with Gasteiger partial charge in [0.2, 0.25) is 0 Å². The summed E-state index contributed by atoms with van der Waals surface area (Å²) in [5, 5.41) is 12.8. The van der Waals surface area contributed by atoms with Gasteiger partial charge in [0.05, 0.1) is 0 Å². The molecular formula is C37H36Cl2O3. The highest BCUT2D eigenvalue weighted by molar-refractivity contribution is 6.31. The van der Waals surface area contributed by atoms with Gasteiger partial charge in [-0.25, -0.2) is 0 Å². The molecule has 0 saturated carbocycles. The number of phenols is 1. The molecule has 4 aromatic carbocycles. The highest BCUT2D eigenvalue weighted by Crippen LogP contribution is 2.54. The maximum Gasteiger partial charge on any atom is 0.279 e. The Labute approximate surface area is 258 Å². The fraction of sp³-hybridized carbons (Fsp3) is 0.297. The molecule has 1 N–H and O–H groups in total. The van der Waals surface area contributed by atoms with Gasteiger partial charge in [-0.2, -0.15) is 0 Å². The van der Waals surface area contributed by atoms with Gasteiger partial charge >= 0.3 is 0 Å². The summed E-state index contributed by atoms with van der Waals surface area (Å²) in [7, 11) is 0. The lowest BCUT2D eigenvalue weighted by atomic mass is 9.73. The van der Waals surface area contributed by atoms with Crippen molar-refractivity contribution < 1.29 is 14.6 Å². The smallest absolute Gasteiger partial charge is 0.279 e. The molecular weight excluding hydrogens is 563 g/mol. The largest absolute Gasteiger partial charge is 0.507 e. The van der Waals surface area contributed by atoms with Crippen molar-refractivity contribution in [1.29, 1.82) is 0 Å². The predicted octanol–water partition coefficient (Wildman–Crippen LogP) is 10.6. The number of phenolic OH excluding ortho intramolecular Hbond substituents is 1. The summed E-state index contributed by atoms with van der Waals surface area (Å²) >= 11 is 12.8. The number of rotatable bonds is 2. The SMILES string of the molecule is CC(C)(C)c1cc([C@H]2C[C@]3(OC(c4ccc(Cl)cc4)=Cc4ccccc43)Oc3ccc(Cl)cc32)cc(C(C)(C)C)c1O. The van der Waals surface area contributed by atoms with Crippen LogP contribution in [0.4, 0.5) is 0 Å². The fourth-order valence-electron chi connectivity index (χ4n) is 6.14. The Morgan fingerprint density at radius 2 is 1.38 bits per heavy atom. The van der Waals surface area contributed by atoms with E-state index in [0.717, 1.165) is 50.5 Å². The van der Waals surface area contributed by atoms with Crippen molar-refractivity contribution in [3.8, 4) is 11.5 Å². The quantitative estimate of drug-likeness (QED) is 0.249. The first-order chi connectivity index (χ1) is 19.7. The predicted molar refractivity (Wildman–Crippen MR) is 173 cm³/mol. The molecule has 6 rings (SSSR count). The van der Waals surface area contributed by atoms with Crippen LogP contribution in [0, 0.1) is 0 Å². The monoisotopic (exact) mass is 598 g/mol. The van der Waals surface area contributed by atoms with E-state index in [1.54, 1.807) is 0 Å². The maximum atomic E-state index is 11.5. The third kappa shape index (κ3) is 5.08. The van der Waals surface area contributed by atoms with E-state index in [2.05, 4.69) is 71.9 Å². The first-order valence-corrected chi connectivity index (χ1v) is 15.1. The van der Waals surface area contributed by atoms with Crippen molar-refractivity contribution in [1.82, 2.24) is 0 Å². The molecule has 2 atom stereocenters. The van der Waals surface area contributed by atoms with Crippen molar-refractivity contribution in [2.24, 2.45) is 0 Å². The molecule has 4 aromatic rings. The molecule has 42 heavy (non-hydrogen) atoms. The third-order valence-corrected chi connectivity index (χ3v) is 8.79. The van der Waals surface area contributed by atoms with E-state index in [1.165, 1.54) is 0 Å². The van der Waals surface area contributed by atoms with E-state index in [0.29, 0.717) is 22.2 Å². The van der Waals surface area contributed by atoms with Gasteiger partial charge in [-0.05, 0) is 81.6 Å². The molecule has 2 heterocycles. The van der Waals surface area contributed by atoms with Gasteiger partial charge in [-0.3, -0.25) is 0 Å². The molecule has 0 amide bonds. The first-order valence-electron chi connectivity index (χ1n) is 14.4. The first kappa shape index (κ1) is 28.7. The van der Waals surface area contributed by atoms with Gasteiger partial charge in [0.15, 0.2) is 0 Å². The molecule has 3 nitrogen and oxygen atoms in total. The molecule has 0 saturated heterocycles. The minimum atomic E-state index is -1.09. The van der Waals surface area contributed by atoms with Gasteiger partial charge in [-0.15, -0.1) is 0 Å². The lowest BCUT2D eigenvalue weighted by molar-refractivity contribution is -0.159. The summed E-state index contributed by atoms with van der Waals surface area (Å²) in [5.74, 6) is 0.600. The summed E-state index contributed by atoms with van der Waals surface area (Å²) in [4.78, 5) is 0. The molecule has 0 radical (unpaired) electrons. The molecule has 216 valence electrons. The van der Waals surface area contributed by atoms with Crippen LogP contribution in [0.25, 0.3) is 11.8 Å². The van der Waals surface area contributed by atoms with Crippen molar-refractivity contribution in [3.63, 3.8) is 0 Å². The minimum Gasteiger partial charge on any atom is -0.507 e. The van der Waals surface area contributed by atoms with Crippen molar-refractivity contribution in [2.75, 3.05) is 0 Å². The number of fused-ring (bicyclic) bond motifs is 3. The van der Waals surface area contributed by atoms with Crippen LogP contribution < -0.4 is 4.74 Å². The number of hydrogen-bond donors (Lipinski definition) is 1. The maximum absolute atomic E-state index is 11.5. The van der Waals surface area contributed by atoms with Crippen LogP contribution in [-0.2, 0) is 21.4 Å². The van der Waals surface area contributed by atoms with Crippen LogP contribution in [0.1, 0.15) is 92.8 Å². The Bertz CT molecular complexity index is 1670. The fourth-order valence-corrected chi connectivity index (χ4v) is 6.44. The molecule has 0 unspecified atom stereocenters. The van der Waals surface area contributed by atoms with E-state index < -0.39 is 5.79 Å². The zero-order valence-electron chi connectivity index (χ0n) is 24.9. The van der Waals surface area contributed by atoms with E-state index in [4.69, 9.17) is 32.7 Å². The topological polar surface area (TPSA) is 38.7 Å². The summed E-state index contributed by atoms with van der Waals surface area (Å²) in [6.45, 7) is 12.8. The second-order valence-corrected chi connectivity index (χ2v) is 14.3.